The van der Waals surface area contributed by atoms with Gasteiger partial charge in [-0.15, -0.1) is 0 Å². The summed E-state index contributed by atoms with van der Waals surface area (Å²) >= 11 is 5.49. The van der Waals surface area contributed by atoms with Crippen LogP contribution < -0.4 is 0 Å². The first-order valence-corrected chi connectivity index (χ1v) is 6.71. The number of imide groups is 1. The van der Waals surface area contributed by atoms with Gasteiger partial charge in [0.25, 0.3) is 11.8 Å². The van der Waals surface area contributed by atoms with Crippen LogP contribution in [0.2, 0.25) is 5.28 Å². The van der Waals surface area contributed by atoms with Crippen LogP contribution in [0.3, 0.4) is 0 Å². The van der Waals surface area contributed by atoms with Crippen molar-refractivity contribution in [1.82, 2.24) is 14.9 Å². The van der Waals surface area contributed by atoms with E-state index in [1.54, 1.807) is 12.1 Å². The molecule has 2 heterocycles. The molecule has 0 bridgehead atoms. The molecule has 0 fully saturated rings. The van der Waals surface area contributed by atoms with Crippen molar-refractivity contribution in [3.63, 3.8) is 0 Å². The lowest BCUT2D eigenvalue weighted by molar-refractivity contribution is -0.141. The highest BCUT2D eigenvalue weighted by Gasteiger charge is 2.37. The second-order valence-electron chi connectivity index (χ2n) is 4.75. The second kappa shape index (κ2) is 5.31. The van der Waals surface area contributed by atoms with Gasteiger partial charge in [-0.05, 0) is 29.8 Å². The number of hydrogen-bond donors (Lipinski definition) is 0. The van der Waals surface area contributed by atoms with E-state index in [-0.39, 0.29) is 16.8 Å². The van der Waals surface area contributed by atoms with Gasteiger partial charge >= 0.3 is 6.18 Å². The number of carbonyl (C=O) groups excluding carboxylic acids is 2. The molecule has 118 valence electrons. The number of fused-ring (bicyclic) bond motifs is 1. The van der Waals surface area contributed by atoms with E-state index in [1.165, 1.54) is 12.1 Å². The van der Waals surface area contributed by atoms with Crippen LogP contribution in [0.4, 0.5) is 13.2 Å². The largest absolute Gasteiger partial charge is 0.433 e. The molecule has 0 saturated carbocycles. The van der Waals surface area contributed by atoms with E-state index in [4.69, 9.17) is 11.6 Å². The van der Waals surface area contributed by atoms with Crippen LogP contribution in [0.1, 0.15) is 32.1 Å². The summed E-state index contributed by atoms with van der Waals surface area (Å²) in [6.07, 6.45) is -4.71. The molecule has 1 aromatic heterocycles. The lowest BCUT2D eigenvalue weighted by Gasteiger charge is -2.14. The Bertz CT molecular complexity index is 788. The summed E-state index contributed by atoms with van der Waals surface area (Å²) in [6, 6.07) is 6.80. The molecule has 2 amide bonds. The first-order chi connectivity index (χ1) is 10.8. The first kappa shape index (κ1) is 15.4. The normalized spacial score (nSPS) is 14.3. The summed E-state index contributed by atoms with van der Waals surface area (Å²) in [5.41, 5.74) is -1.00. The van der Waals surface area contributed by atoms with Crippen molar-refractivity contribution in [2.24, 2.45) is 0 Å². The number of carbonyl (C=O) groups is 2. The number of hydrogen-bond acceptors (Lipinski definition) is 4. The molecule has 0 spiro atoms. The molecule has 0 atom stereocenters. The van der Waals surface area contributed by atoms with Crippen LogP contribution in [0.25, 0.3) is 0 Å². The predicted octanol–water partition coefficient (Wildman–Crippen LogP) is 2.95. The minimum absolute atomic E-state index is 0.174. The van der Waals surface area contributed by atoms with E-state index in [1.807, 2.05) is 0 Å². The second-order valence-corrected chi connectivity index (χ2v) is 5.09. The first-order valence-electron chi connectivity index (χ1n) is 6.33. The van der Waals surface area contributed by atoms with E-state index in [9.17, 15) is 22.8 Å². The molecule has 1 aliphatic rings. The Balaban J connectivity index is 1.94. The van der Waals surface area contributed by atoms with Crippen LogP contribution in [0.5, 0.6) is 0 Å². The molecule has 0 radical (unpaired) electrons. The van der Waals surface area contributed by atoms with Crippen molar-refractivity contribution in [2.75, 3.05) is 0 Å². The van der Waals surface area contributed by atoms with Crippen molar-refractivity contribution < 1.29 is 22.8 Å². The van der Waals surface area contributed by atoms with Gasteiger partial charge in [-0.2, -0.15) is 13.2 Å². The smallest absolute Gasteiger partial charge is 0.269 e. The van der Waals surface area contributed by atoms with Gasteiger partial charge < -0.3 is 0 Å². The fourth-order valence-electron chi connectivity index (χ4n) is 2.24. The van der Waals surface area contributed by atoms with Crippen LogP contribution in [-0.4, -0.2) is 26.7 Å². The maximum atomic E-state index is 12.7. The topological polar surface area (TPSA) is 63.2 Å². The number of benzene rings is 1. The minimum Gasteiger partial charge on any atom is -0.269 e. The lowest BCUT2D eigenvalue weighted by Crippen LogP contribution is -2.29. The van der Waals surface area contributed by atoms with Gasteiger partial charge in [0.05, 0.1) is 23.4 Å². The number of aromatic nitrogens is 2. The van der Waals surface area contributed by atoms with Crippen LogP contribution in [0, 0.1) is 0 Å². The zero-order valence-corrected chi connectivity index (χ0v) is 12.0. The van der Waals surface area contributed by atoms with Gasteiger partial charge in [-0.25, -0.2) is 9.97 Å². The van der Waals surface area contributed by atoms with Gasteiger partial charge in [0, 0.05) is 0 Å². The summed E-state index contributed by atoms with van der Waals surface area (Å²) in [4.78, 5) is 31.9. The maximum Gasteiger partial charge on any atom is 0.433 e. The van der Waals surface area contributed by atoms with Gasteiger partial charge in [-0.3, -0.25) is 14.5 Å². The summed E-state index contributed by atoms with van der Waals surface area (Å²) in [6.45, 7) is -0.419. The standard InChI is InChI=1S/C14H7ClF3N3O2/c15-13-19-7(5-10(20-13)14(16,17)18)6-21-11(22)8-3-1-2-4-9(8)12(21)23/h1-5H,6H2. The van der Waals surface area contributed by atoms with Crippen molar-refractivity contribution >= 4 is 23.4 Å². The third-order valence-corrected chi connectivity index (χ3v) is 3.41. The van der Waals surface area contributed by atoms with E-state index in [2.05, 4.69) is 9.97 Å². The molecule has 2 aromatic rings. The highest BCUT2D eigenvalue weighted by Crippen LogP contribution is 2.30. The quantitative estimate of drug-likeness (QED) is 0.622. The summed E-state index contributed by atoms with van der Waals surface area (Å²) < 4.78 is 38.2. The van der Waals surface area contributed by atoms with Gasteiger partial charge in [0.15, 0.2) is 0 Å². The Morgan fingerprint density at radius 1 is 1.04 bits per heavy atom. The van der Waals surface area contributed by atoms with Crippen molar-refractivity contribution in [3.8, 4) is 0 Å². The number of alkyl halides is 3. The summed E-state index contributed by atoms with van der Waals surface area (Å²) in [5, 5.41) is -0.605. The minimum atomic E-state index is -4.71. The molecule has 1 aliphatic heterocycles. The Labute approximate surface area is 132 Å². The Morgan fingerprint density at radius 2 is 1.61 bits per heavy atom. The third kappa shape index (κ3) is 2.77. The van der Waals surface area contributed by atoms with Gasteiger partial charge in [0.1, 0.15) is 5.69 Å². The van der Waals surface area contributed by atoms with Crippen LogP contribution in [-0.2, 0) is 12.7 Å². The fraction of sp³-hybridized carbons (Fsp3) is 0.143. The average molecular weight is 342 g/mol. The molecule has 9 heteroatoms. The molecule has 23 heavy (non-hydrogen) atoms. The number of nitrogens with zero attached hydrogens (tertiary/aromatic N) is 3. The fourth-order valence-corrected chi connectivity index (χ4v) is 2.44. The predicted molar refractivity (Wildman–Crippen MR) is 72.7 cm³/mol. The molecule has 0 saturated heterocycles. The SMILES string of the molecule is O=C1c2ccccc2C(=O)N1Cc1cc(C(F)(F)F)nc(Cl)n1. The monoisotopic (exact) mass is 341 g/mol. The number of amides is 2. The highest BCUT2D eigenvalue weighted by atomic mass is 35.5. The Hall–Kier alpha value is -2.48. The van der Waals surface area contributed by atoms with Crippen molar-refractivity contribution in [1.29, 1.82) is 0 Å². The van der Waals surface area contributed by atoms with E-state index in [0.29, 0.717) is 6.07 Å². The summed E-state index contributed by atoms with van der Waals surface area (Å²) in [7, 11) is 0. The molecular formula is C14H7ClF3N3O2. The molecule has 1 aromatic carbocycles. The van der Waals surface area contributed by atoms with E-state index in [0.717, 1.165) is 4.90 Å². The van der Waals surface area contributed by atoms with Gasteiger partial charge in [0.2, 0.25) is 5.28 Å². The maximum absolute atomic E-state index is 12.7. The molecule has 5 nitrogen and oxygen atoms in total. The van der Waals surface area contributed by atoms with Crippen LogP contribution in [0.15, 0.2) is 30.3 Å². The van der Waals surface area contributed by atoms with E-state index < -0.39 is 35.5 Å². The summed E-state index contributed by atoms with van der Waals surface area (Å²) in [5.74, 6) is -1.18. The van der Waals surface area contributed by atoms with Gasteiger partial charge in [-0.1, -0.05) is 12.1 Å². The average Bonchev–Trinajstić information content (AvgIpc) is 2.72. The highest BCUT2D eigenvalue weighted by molar-refractivity contribution is 6.28. The molecular weight excluding hydrogens is 335 g/mol. The van der Waals surface area contributed by atoms with Crippen molar-refractivity contribution in [3.05, 3.63) is 58.1 Å². The zero-order valence-electron chi connectivity index (χ0n) is 11.3. The molecule has 3 rings (SSSR count). The Morgan fingerprint density at radius 3 is 2.13 bits per heavy atom. The number of halogens is 4. The van der Waals surface area contributed by atoms with E-state index >= 15 is 0 Å². The number of rotatable bonds is 2. The lowest BCUT2D eigenvalue weighted by atomic mass is 10.1. The molecule has 0 aliphatic carbocycles. The Kier molecular flexibility index (Phi) is 3.56. The van der Waals surface area contributed by atoms with Crippen LogP contribution >= 0.6 is 11.6 Å². The zero-order chi connectivity index (χ0) is 16.8. The third-order valence-electron chi connectivity index (χ3n) is 3.24. The van der Waals surface area contributed by atoms with Crippen molar-refractivity contribution in [2.45, 2.75) is 12.7 Å². The molecule has 0 unspecified atom stereocenters. The molecule has 0 N–H and O–H groups in total.